The van der Waals surface area contributed by atoms with E-state index in [2.05, 4.69) is 12.2 Å². The molecule has 0 atom stereocenters. The Labute approximate surface area is 89.2 Å². The second-order valence-corrected chi connectivity index (χ2v) is 4.10. The molecule has 0 radical (unpaired) electrons. The molecule has 14 heavy (non-hydrogen) atoms. The molecule has 1 aromatic rings. The molecule has 0 aromatic heterocycles. The third-order valence-corrected chi connectivity index (χ3v) is 2.76. The Bertz CT molecular complexity index is 323. The van der Waals surface area contributed by atoms with Crippen LogP contribution in [0.3, 0.4) is 0 Å². The van der Waals surface area contributed by atoms with Gasteiger partial charge in [0.1, 0.15) is 0 Å². The summed E-state index contributed by atoms with van der Waals surface area (Å²) in [4.78, 5) is 0. The highest BCUT2D eigenvalue weighted by atomic mass is 35.5. The van der Waals surface area contributed by atoms with E-state index in [0.717, 1.165) is 18.1 Å². The fourth-order valence-electron chi connectivity index (χ4n) is 1.41. The SMILES string of the molecule is Cc1cc(Cl)ccc1COC1CNC1. The molecule has 1 aromatic carbocycles. The molecule has 2 rings (SSSR count). The first-order chi connectivity index (χ1) is 6.75. The summed E-state index contributed by atoms with van der Waals surface area (Å²) in [5, 5.41) is 3.96. The molecule has 1 aliphatic heterocycles. The number of rotatable bonds is 3. The molecule has 0 unspecified atom stereocenters. The molecule has 1 saturated heterocycles. The van der Waals surface area contributed by atoms with Crippen molar-refractivity contribution in [2.75, 3.05) is 13.1 Å². The first-order valence-corrected chi connectivity index (χ1v) is 5.21. The third kappa shape index (κ3) is 2.27. The Morgan fingerprint density at radius 2 is 2.29 bits per heavy atom. The Morgan fingerprint density at radius 3 is 2.86 bits per heavy atom. The summed E-state index contributed by atoms with van der Waals surface area (Å²) in [6.07, 6.45) is 0.394. The van der Waals surface area contributed by atoms with Crippen molar-refractivity contribution < 1.29 is 4.74 Å². The number of nitrogens with one attached hydrogen (secondary N) is 1. The highest BCUT2D eigenvalue weighted by Gasteiger charge is 2.16. The minimum atomic E-state index is 0.394. The van der Waals surface area contributed by atoms with Crippen molar-refractivity contribution in [3.05, 3.63) is 34.3 Å². The molecule has 0 bridgehead atoms. The topological polar surface area (TPSA) is 21.3 Å². The van der Waals surface area contributed by atoms with Gasteiger partial charge in [0.05, 0.1) is 12.7 Å². The second kappa shape index (κ2) is 4.30. The number of hydrogen-bond donors (Lipinski definition) is 1. The molecule has 0 spiro atoms. The van der Waals surface area contributed by atoms with E-state index in [1.165, 1.54) is 11.1 Å². The van der Waals surface area contributed by atoms with Crippen molar-refractivity contribution >= 4 is 11.6 Å². The van der Waals surface area contributed by atoms with Gasteiger partial charge < -0.3 is 10.1 Å². The largest absolute Gasteiger partial charge is 0.371 e. The summed E-state index contributed by atoms with van der Waals surface area (Å²) < 4.78 is 5.68. The van der Waals surface area contributed by atoms with Gasteiger partial charge in [0, 0.05) is 18.1 Å². The maximum Gasteiger partial charge on any atom is 0.0828 e. The highest BCUT2D eigenvalue weighted by Crippen LogP contribution is 2.16. The van der Waals surface area contributed by atoms with Crippen LogP contribution in [0.25, 0.3) is 0 Å². The zero-order chi connectivity index (χ0) is 9.97. The van der Waals surface area contributed by atoms with Gasteiger partial charge in [-0.1, -0.05) is 17.7 Å². The summed E-state index contributed by atoms with van der Waals surface area (Å²) in [6, 6.07) is 5.91. The van der Waals surface area contributed by atoms with Crippen LogP contribution in [0.1, 0.15) is 11.1 Å². The Morgan fingerprint density at radius 1 is 1.50 bits per heavy atom. The van der Waals surface area contributed by atoms with E-state index in [-0.39, 0.29) is 0 Å². The number of hydrogen-bond acceptors (Lipinski definition) is 2. The van der Waals surface area contributed by atoms with Crippen LogP contribution in [0.4, 0.5) is 0 Å². The van der Waals surface area contributed by atoms with Gasteiger partial charge in [-0.3, -0.25) is 0 Å². The molecule has 3 heteroatoms. The van der Waals surface area contributed by atoms with E-state index in [4.69, 9.17) is 16.3 Å². The van der Waals surface area contributed by atoms with E-state index < -0.39 is 0 Å². The molecule has 0 amide bonds. The van der Waals surface area contributed by atoms with Gasteiger partial charge in [0.2, 0.25) is 0 Å². The highest BCUT2D eigenvalue weighted by molar-refractivity contribution is 6.30. The molecule has 0 aliphatic carbocycles. The Balaban J connectivity index is 1.94. The molecule has 1 heterocycles. The summed E-state index contributed by atoms with van der Waals surface area (Å²) in [6.45, 7) is 4.71. The monoisotopic (exact) mass is 211 g/mol. The van der Waals surface area contributed by atoms with E-state index >= 15 is 0 Å². The van der Waals surface area contributed by atoms with Crippen LogP contribution in [0.15, 0.2) is 18.2 Å². The maximum atomic E-state index is 5.87. The molecule has 0 saturated carbocycles. The lowest BCUT2D eigenvalue weighted by Gasteiger charge is -2.27. The van der Waals surface area contributed by atoms with Gasteiger partial charge in [0.15, 0.2) is 0 Å². The van der Waals surface area contributed by atoms with Gasteiger partial charge in [-0.15, -0.1) is 0 Å². The van der Waals surface area contributed by atoms with Crippen LogP contribution in [0.2, 0.25) is 5.02 Å². The van der Waals surface area contributed by atoms with Crippen LogP contribution in [-0.2, 0) is 11.3 Å². The van der Waals surface area contributed by atoms with E-state index in [1.54, 1.807) is 0 Å². The van der Waals surface area contributed by atoms with Gasteiger partial charge in [0.25, 0.3) is 0 Å². The van der Waals surface area contributed by atoms with Crippen molar-refractivity contribution in [1.29, 1.82) is 0 Å². The van der Waals surface area contributed by atoms with Crippen molar-refractivity contribution in [3.8, 4) is 0 Å². The molecule has 2 nitrogen and oxygen atoms in total. The Kier molecular flexibility index (Phi) is 3.06. The van der Waals surface area contributed by atoms with Crippen LogP contribution in [0, 0.1) is 6.92 Å². The predicted octanol–water partition coefficient (Wildman–Crippen LogP) is 2.14. The fourth-order valence-corrected chi connectivity index (χ4v) is 1.64. The van der Waals surface area contributed by atoms with Gasteiger partial charge in [-0.05, 0) is 30.2 Å². The third-order valence-electron chi connectivity index (χ3n) is 2.52. The molecule has 76 valence electrons. The number of aryl methyl sites for hydroxylation is 1. The average molecular weight is 212 g/mol. The van der Waals surface area contributed by atoms with E-state index in [0.29, 0.717) is 12.7 Å². The molecule has 1 fully saturated rings. The van der Waals surface area contributed by atoms with Crippen LogP contribution >= 0.6 is 11.6 Å². The quantitative estimate of drug-likeness (QED) is 0.827. The Hall–Kier alpha value is -0.570. The van der Waals surface area contributed by atoms with Crippen molar-refractivity contribution in [1.82, 2.24) is 5.32 Å². The second-order valence-electron chi connectivity index (χ2n) is 3.66. The predicted molar refractivity (Wildman–Crippen MR) is 57.6 cm³/mol. The minimum Gasteiger partial charge on any atom is -0.371 e. The number of halogens is 1. The van der Waals surface area contributed by atoms with Crippen LogP contribution in [0.5, 0.6) is 0 Å². The van der Waals surface area contributed by atoms with Crippen molar-refractivity contribution in [3.63, 3.8) is 0 Å². The summed E-state index contributed by atoms with van der Waals surface area (Å²) in [5.41, 5.74) is 2.42. The van der Waals surface area contributed by atoms with E-state index in [9.17, 15) is 0 Å². The smallest absolute Gasteiger partial charge is 0.0828 e. The zero-order valence-corrected chi connectivity index (χ0v) is 8.97. The first-order valence-electron chi connectivity index (χ1n) is 4.83. The first kappa shape index (κ1) is 9.97. The normalized spacial score (nSPS) is 16.7. The number of ether oxygens (including phenoxy) is 1. The summed E-state index contributed by atoms with van der Waals surface area (Å²) in [7, 11) is 0. The number of benzene rings is 1. The van der Waals surface area contributed by atoms with Crippen molar-refractivity contribution in [2.45, 2.75) is 19.6 Å². The lowest BCUT2D eigenvalue weighted by Crippen LogP contribution is -2.48. The molecule has 1 N–H and O–H groups in total. The lowest BCUT2D eigenvalue weighted by molar-refractivity contribution is 0.00738. The molecular formula is C11H14ClNO. The van der Waals surface area contributed by atoms with E-state index in [1.807, 2.05) is 18.2 Å². The minimum absolute atomic E-state index is 0.394. The lowest BCUT2D eigenvalue weighted by atomic mass is 10.1. The maximum absolute atomic E-state index is 5.87. The van der Waals surface area contributed by atoms with Crippen LogP contribution < -0.4 is 5.32 Å². The average Bonchev–Trinajstić information content (AvgIpc) is 2.05. The summed E-state index contributed by atoms with van der Waals surface area (Å²) >= 11 is 5.87. The molecule has 1 aliphatic rings. The zero-order valence-electron chi connectivity index (χ0n) is 8.22. The van der Waals surface area contributed by atoms with Gasteiger partial charge in [-0.2, -0.15) is 0 Å². The molecular weight excluding hydrogens is 198 g/mol. The van der Waals surface area contributed by atoms with Crippen molar-refractivity contribution in [2.24, 2.45) is 0 Å². The van der Waals surface area contributed by atoms with Gasteiger partial charge >= 0.3 is 0 Å². The standard InChI is InChI=1S/C11H14ClNO/c1-8-4-10(12)3-2-9(8)7-14-11-5-13-6-11/h2-4,11,13H,5-7H2,1H3. The van der Waals surface area contributed by atoms with Crippen LogP contribution in [-0.4, -0.2) is 19.2 Å². The fraction of sp³-hybridized carbons (Fsp3) is 0.455. The summed E-state index contributed by atoms with van der Waals surface area (Å²) in [5.74, 6) is 0. The van der Waals surface area contributed by atoms with Gasteiger partial charge in [-0.25, -0.2) is 0 Å².